The van der Waals surface area contributed by atoms with Crippen LogP contribution in [-0.4, -0.2) is 15.7 Å². The highest BCUT2D eigenvalue weighted by Crippen LogP contribution is 2.64. The minimum absolute atomic E-state index is 0.0280. The van der Waals surface area contributed by atoms with E-state index in [1.165, 1.54) is 36.2 Å². The standard InChI is InChI=1S/C26H25BrN2O2S2/c1-14-5-2-3-8-19(14)28-20(30)13-29-25-24(33-26(29)31)22(15-6-4-7-18(27)12-15)21-16-9-10-17(11-16)23(21)32-25/h2-8,12,16-17,21-23H,9-11,13H2,1H3,(H,28,30)/t16-,17-,21-,22-,23+/m0/s1. The van der Waals surface area contributed by atoms with Crippen molar-refractivity contribution < 1.29 is 4.79 Å². The summed E-state index contributed by atoms with van der Waals surface area (Å²) >= 11 is 6.87. The molecule has 2 fully saturated rings. The topological polar surface area (TPSA) is 51.1 Å². The van der Waals surface area contributed by atoms with Crippen LogP contribution in [0.25, 0.3) is 0 Å². The lowest BCUT2D eigenvalue weighted by Gasteiger charge is -2.40. The summed E-state index contributed by atoms with van der Waals surface area (Å²) in [5.74, 6) is 2.11. The molecule has 170 valence electrons. The highest BCUT2D eigenvalue weighted by Gasteiger charge is 2.55. The van der Waals surface area contributed by atoms with Crippen molar-refractivity contribution in [2.75, 3.05) is 5.32 Å². The number of thiazole rings is 1. The summed E-state index contributed by atoms with van der Waals surface area (Å²) in [6, 6.07) is 16.3. The van der Waals surface area contributed by atoms with Crippen molar-refractivity contribution in [1.29, 1.82) is 0 Å². The number of aromatic nitrogens is 1. The molecule has 0 saturated heterocycles. The Labute approximate surface area is 209 Å². The lowest BCUT2D eigenvalue weighted by atomic mass is 9.75. The molecule has 4 nitrogen and oxygen atoms in total. The summed E-state index contributed by atoms with van der Waals surface area (Å²) in [6.45, 7) is 2.03. The Morgan fingerprint density at radius 1 is 1.15 bits per heavy atom. The molecule has 2 bridgehead atoms. The zero-order chi connectivity index (χ0) is 22.7. The van der Waals surface area contributed by atoms with E-state index in [1.54, 1.807) is 4.57 Å². The number of carbonyl (C=O) groups excluding carboxylic acids is 1. The molecule has 2 saturated carbocycles. The molecule has 7 heteroatoms. The van der Waals surface area contributed by atoms with Gasteiger partial charge in [0.05, 0.1) is 5.03 Å². The molecule has 33 heavy (non-hydrogen) atoms. The summed E-state index contributed by atoms with van der Waals surface area (Å²) in [4.78, 5) is 27.2. The van der Waals surface area contributed by atoms with Crippen LogP contribution in [0.4, 0.5) is 5.69 Å². The Morgan fingerprint density at radius 2 is 1.97 bits per heavy atom. The van der Waals surface area contributed by atoms with Gasteiger partial charge >= 0.3 is 4.87 Å². The maximum absolute atomic E-state index is 13.2. The maximum atomic E-state index is 13.2. The molecular formula is C26H25BrN2O2S2. The quantitative estimate of drug-likeness (QED) is 0.424. The van der Waals surface area contributed by atoms with Crippen molar-refractivity contribution >= 4 is 50.6 Å². The Morgan fingerprint density at radius 3 is 2.79 bits per heavy atom. The average molecular weight is 542 g/mol. The number of benzene rings is 2. The van der Waals surface area contributed by atoms with Crippen LogP contribution < -0.4 is 10.2 Å². The van der Waals surface area contributed by atoms with Crippen LogP contribution in [0.2, 0.25) is 0 Å². The van der Waals surface area contributed by atoms with Crippen molar-refractivity contribution in [2.45, 2.75) is 48.9 Å². The lowest BCUT2D eigenvalue weighted by molar-refractivity contribution is -0.116. The first kappa shape index (κ1) is 21.7. The second-order valence-corrected chi connectivity index (χ2v) is 12.6. The van der Waals surface area contributed by atoms with Gasteiger partial charge in [-0.25, -0.2) is 0 Å². The number of para-hydroxylation sites is 1. The van der Waals surface area contributed by atoms with E-state index in [9.17, 15) is 9.59 Å². The molecule has 5 atom stereocenters. The number of hydrogen-bond donors (Lipinski definition) is 1. The molecule has 3 aromatic rings. The normalized spacial score (nSPS) is 27.3. The number of amides is 1. The highest BCUT2D eigenvalue weighted by molar-refractivity contribution is 9.10. The third-order valence-corrected chi connectivity index (χ3v) is 10.9. The largest absolute Gasteiger partial charge is 0.324 e. The molecule has 1 aliphatic heterocycles. The van der Waals surface area contributed by atoms with Crippen LogP contribution >= 0.6 is 39.0 Å². The van der Waals surface area contributed by atoms with E-state index < -0.39 is 0 Å². The lowest BCUT2D eigenvalue weighted by Crippen LogP contribution is -2.34. The summed E-state index contributed by atoms with van der Waals surface area (Å²) in [5.41, 5.74) is 3.10. The monoisotopic (exact) mass is 540 g/mol. The number of thioether (sulfide) groups is 1. The number of aryl methyl sites for hydroxylation is 1. The molecule has 2 aromatic carbocycles. The van der Waals surface area contributed by atoms with E-state index >= 15 is 0 Å². The molecule has 1 amide bonds. The second kappa shape index (κ2) is 8.43. The van der Waals surface area contributed by atoms with E-state index in [2.05, 4.69) is 45.5 Å². The van der Waals surface area contributed by atoms with Gasteiger partial charge in [-0.3, -0.25) is 14.2 Å². The fourth-order valence-electron chi connectivity index (χ4n) is 6.21. The fraction of sp³-hybridized carbons (Fsp3) is 0.385. The molecule has 3 aliphatic rings. The van der Waals surface area contributed by atoms with E-state index in [1.807, 2.05) is 43.0 Å². The molecule has 0 spiro atoms. The fourth-order valence-corrected chi connectivity index (χ4v) is 9.77. The smallest absolute Gasteiger partial charge is 0.308 e. The average Bonchev–Trinajstić information content (AvgIpc) is 3.48. The zero-order valence-electron chi connectivity index (χ0n) is 18.3. The molecular weight excluding hydrogens is 516 g/mol. The number of hydrogen-bond acceptors (Lipinski definition) is 4. The van der Waals surface area contributed by atoms with Crippen LogP contribution in [0.5, 0.6) is 0 Å². The number of fused-ring (bicyclic) bond motifs is 6. The van der Waals surface area contributed by atoms with Crippen LogP contribution in [-0.2, 0) is 11.3 Å². The summed E-state index contributed by atoms with van der Waals surface area (Å²) in [5, 5.41) is 4.54. The van der Waals surface area contributed by atoms with E-state index in [-0.39, 0.29) is 23.2 Å². The van der Waals surface area contributed by atoms with Crippen molar-refractivity contribution in [1.82, 2.24) is 4.57 Å². The van der Waals surface area contributed by atoms with Gasteiger partial charge in [0, 0.05) is 26.2 Å². The van der Waals surface area contributed by atoms with Gasteiger partial charge in [-0.05, 0) is 73.3 Å². The molecule has 0 radical (unpaired) electrons. The maximum Gasteiger partial charge on any atom is 0.308 e. The molecule has 1 N–H and O–H groups in total. The Bertz CT molecular complexity index is 1300. The number of nitrogens with one attached hydrogen (secondary N) is 1. The molecule has 2 heterocycles. The molecule has 0 unspecified atom stereocenters. The Balaban J connectivity index is 1.38. The SMILES string of the molecule is Cc1ccccc1NC(=O)Cn1c2c(sc1=O)[C@@H](c1cccc(Br)c1)[C@@H]1[C@H]3CC[C@@H](C3)[C@H]1S2. The van der Waals surface area contributed by atoms with Crippen LogP contribution in [0.15, 0.2) is 62.8 Å². The number of carbonyl (C=O) groups is 1. The van der Waals surface area contributed by atoms with Crippen molar-refractivity contribution in [2.24, 2.45) is 17.8 Å². The van der Waals surface area contributed by atoms with E-state index in [4.69, 9.17) is 0 Å². The van der Waals surface area contributed by atoms with Crippen LogP contribution in [0.3, 0.4) is 0 Å². The van der Waals surface area contributed by atoms with Crippen molar-refractivity contribution in [3.8, 4) is 0 Å². The van der Waals surface area contributed by atoms with Gasteiger partial charge in [0.2, 0.25) is 5.91 Å². The van der Waals surface area contributed by atoms with Gasteiger partial charge in [0.1, 0.15) is 6.54 Å². The van der Waals surface area contributed by atoms with Crippen molar-refractivity contribution in [3.63, 3.8) is 0 Å². The zero-order valence-corrected chi connectivity index (χ0v) is 21.5. The molecule has 2 aliphatic carbocycles. The predicted octanol–water partition coefficient (Wildman–Crippen LogP) is 6.27. The number of rotatable bonds is 4. The first-order valence-electron chi connectivity index (χ1n) is 11.5. The van der Waals surface area contributed by atoms with Gasteiger partial charge in [-0.1, -0.05) is 57.6 Å². The Kier molecular flexibility index (Phi) is 5.54. The van der Waals surface area contributed by atoms with Crippen molar-refractivity contribution in [3.05, 3.63) is 78.7 Å². The van der Waals surface area contributed by atoms with Crippen LogP contribution in [0.1, 0.15) is 41.2 Å². The van der Waals surface area contributed by atoms with E-state index in [0.717, 1.165) is 37.5 Å². The number of anilines is 1. The van der Waals surface area contributed by atoms with Gasteiger partial charge in [-0.2, -0.15) is 0 Å². The Hall–Kier alpha value is -1.83. The molecule has 6 rings (SSSR count). The first-order chi connectivity index (χ1) is 16.0. The summed E-state index contributed by atoms with van der Waals surface area (Å²) < 4.78 is 2.80. The molecule has 1 aromatic heterocycles. The minimum atomic E-state index is -0.151. The predicted molar refractivity (Wildman–Crippen MR) is 138 cm³/mol. The highest BCUT2D eigenvalue weighted by atomic mass is 79.9. The third kappa shape index (κ3) is 3.72. The van der Waals surface area contributed by atoms with Gasteiger partial charge in [-0.15, -0.1) is 11.8 Å². The number of nitrogens with zero attached hydrogens (tertiary/aromatic N) is 1. The summed E-state index contributed by atoms with van der Waals surface area (Å²) in [6.07, 6.45) is 3.90. The van der Waals surface area contributed by atoms with E-state index in [0.29, 0.717) is 11.2 Å². The first-order valence-corrected chi connectivity index (χ1v) is 14.0. The second-order valence-electron chi connectivity index (χ2n) is 9.51. The summed E-state index contributed by atoms with van der Waals surface area (Å²) in [7, 11) is 0. The minimum Gasteiger partial charge on any atom is -0.324 e. The third-order valence-electron chi connectivity index (χ3n) is 7.62. The van der Waals surface area contributed by atoms with Gasteiger partial charge in [0.25, 0.3) is 0 Å². The van der Waals surface area contributed by atoms with Crippen LogP contribution in [0, 0.1) is 24.7 Å². The van der Waals surface area contributed by atoms with Gasteiger partial charge in [0.15, 0.2) is 0 Å². The number of halogens is 1. The van der Waals surface area contributed by atoms with Gasteiger partial charge < -0.3 is 5.32 Å².